The fraction of sp³-hybridized carbons (Fsp3) is 0.143. The number of benzene rings is 2. The van der Waals surface area contributed by atoms with Gasteiger partial charge in [-0.05, 0) is 24.3 Å². The lowest BCUT2D eigenvalue weighted by Crippen LogP contribution is -2.34. The maximum atomic E-state index is 13.8. The molecular weight excluding hydrogens is 319 g/mol. The van der Waals surface area contributed by atoms with E-state index < -0.39 is 51.2 Å². The Balaban J connectivity index is 2.59. The van der Waals surface area contributed by atoms with Crippen molar-refractivity contribution in [3.05, 3.63) is 59.9 Å². The Morgan fingerprint density at radius 3 is 2.27 bits per heavy atom. The van der Waals surface area contributed by atoms with Gasteiger partial charge in [-0.1, -0.05) is 12.1 Å². The Morgan fingerprint density at radius 2 is 1.68 bits per heavy atom. The van der Waals surface area contributed by atoms with Crippen LogP contribution in [0.1, 0.15) is 0 Å². The summed E-state index contributed by atoms with van der Waals surface area (Å²) in [5.74, 6) is -3.02. The maximum Gasteiger partial charge on any atom is 0.267 e. The molecule has 0 saturated carbocycles. The third-order valence-corrected chi connectivity index (χ3v) is 4.73. The summed E-state index contributed by atoms with van der Waals surface area (Å²) in [4.78, 5) is -0.660. The molecule has 2 rings (SSSR count). The van der Waals surface area contributed by atoms with Crippen molar-refractivity contribution in [1.82, 2.24) is 0 Å². The fourth-order valence-electron chi connectivity index (χ4n) is 1.92. The Labute approximate surface area is 125 Å². The molecule has 0 aromatic heterocycles. The van der Waals surface area contributed by atoms with Crippen molar-refractivity contribution in [2.75, 3.05) is 17.5 Å². The SMILES string of the molecule is O=S(=O)(c1ccccc1F)N(CCO)c1ccc(F)cc1F. The molecular formula is C14H12F3NO3S. The Kier molecular flexibility index (Phi) is 4.72. The quantitative estimate of drug-likeness (QED) is 0.914. The molecule has 0 saturated heterocycles. The number of nitrogens with zero attached hydrogens (tertiary/aromatic N) is 1. The smallest absolute Gasteiger partial charge is 0.267 e. The molecule has 0 spiro atoms. The van der Waals surface area contributed by atoms with Crippen molar-refractivity contribution >= 4 is 15.7 Å². The first-order valence-electron chi connectivity index (χ1n) is 6.21. The molecule has 0 atom stereocenters. The fourth-order valence-corrected chi connectivity index (χ4v) is 3.45. The molecule has 0 unspecified atom stereocenters. The molecule has 0 aliphatic heterocycles. The Morgan fingerprint density at radius 1 is 1.00 bits per heavy atom. The molecule has 0 fully saturated rings. The maximum absolute atomic E-state index is 13.8. The van der Waals surface area contributed by atoms with Crippen LogP contribution in [-0.2, 0) is 10.0 Å². The number of anilines is 1. The molecule has 0 radical (unpaired) electrons. The van der Waals surface area contributed by atoms with Crippen molar-refractivity contribution in [1.29, 1.82) is 0 Å². The lowest BCUT2D eigenvalue weighted by molar-refractivity contribution is 0.306. The largest absolute Gasteiger partial charge is 0.394 e. The summed E-state index contributed by atoms with van der Waals surface area (Å²) in [6, 6.07) is 6.90. The van der Waals surface area contributed by atoms with Crippen LogP contribution >= 0.6 is 0 Å². The summed E-state index contributed by atoms with van der Waals surface area (Å²) in [5.41, 5.74) is -0.473. The highest BCUT2D eigenvalue weighted by Gasteiger charge is 2.29. The second kappa shape index (κ2) is 6.37. The van der Waals surface area contributed by atoms with E-state index in [9.17, 15) is 21.6 Å². The van der Waals surface area contributed by atoms with E-state index in [4.69, 9.17) is 5.11 Å². The van der Waals surface area contributed by atoms with E-state index >= 15 is 0 Å². The predicted molar refractivity (Wildman–Crippen MR) is 74.4 cm³/mol. The van der Waals surface area contributed by atoms with E-state index in [-0.39, 0.29) is 0 Å². The van der Waals surface area contributed by atoms with Crippen LogP contribution in [0.5, 0.6) is 0 Å². The lowest BCUT2D eigenvalue weighted by atomic mass is 10.3. The molecule has 0 bridgehead atoms. The van der Waals surface area contributed by atoms with E-state index in [1.807, 2.05) is 0 Å². The molecule has 8 heteroatoms. The first-order chi connectivity index (χ1) is 10.4. The minimum Gasteiger partial charge on any atom is -0.394 e. The van der Waals surface area contributed by atoms with Crippen LogP contribution in [0, 0.1) is 17.5 Å². The highest BCUT2D eigenvalue weighted by molar-refractivity contribution is 7.92. The van der Waals surface area contributed by atoms with Crippen LogP contribution in [0.2, 0.25) is 0 Å². The van der Waals surface area contributed by atoms with Gasteiger partial charge in [-0.2, -0.15) is 0 Å². The van der Waals surface area contributed by atoms with Crippen molar-refractivity contribution in [2.45, 2.75) is 4.90 Å². The van der Waals surface area contributed by atoms with Gasteiger partial charge in [0.2, 0.25) is 0 Å². The standard InChI is InChI=1S/C14H12F3NO3S/c15-10-5-6-13(12(17)9-10)18(7-8-19)22(20,21)14-4-2-1-3-11(14)16/h1-6,9,19H,7-8H2. The minimum atomic E-state index is -4.45. The highest BCUT2D eigenvalue weighted by Crippen LogP contribution is 2.27. The molecule has 0 aliphatic rings. The van der Waals surface area contributed by atoms with Crippen LogP contribution in [0.3, 0.4) is 0 Å². The summed E-state index contributed by atoms with van der Waals surface area (Å²) in [7, 11) is -4.45. The zero-order chi connectivity index (χ0) is 16.3. The van der Waals surface area contributed by atoms with Crippen molar-refractivity contribution in [3.63, 3.8) is 0 Å². The van der Waals surface area contributed by atoms with Gasteiger partial charge in [-0.25, -0.2) is 21.6 Å². The van der Waals surface area contributed by atoms with Gasteiger partial charge in [0, 0.05) is 6.07 Å². The first kappa shape index (κ1) is 16.3. The monoisotopic (exact) mass is 331 g/mol. The second-order valence-corrected chi connectivity index (χ2v) is 6.16. The zero-order valence-corrected chi connectivity index (χ0v) is 12.0. The third kappa shape index (κ3) is 3.07. The highest BCUT2D eigenvalue weighted by atomic mass is 32.2. The second-order valence-electron chi connectivity index (χ2n) is 4.33. The number of aliphatic hydroxyl groups excluding tert-OH is 1. The van der Waals surface area contributed by atoms with Crippen LogP contribution in [0.25, 0.3) is 0 Å². The number of aliphatic hydroxyl groups is 1. The van der Waals surface area contributed by atoms with Gasteiger partial charge in [0.25, 0.3) is 10.0 Å². The normalized spacial score (nSPS) is 11.5. The van der Waals surface area contributed by atoms with Crippen molar-refractivity contribution < 1.29 is 26.7 Å². The van der Waals surface area contributed by atoms with Crippen molar-refractivity contribution in [3.8, 4) is 0 Å². The zero-order valence-electron chi connectivity index (χ0n) is 11.2. The van der Waals surface area contributed by atoms with E-state index in [2.05, 4.69) is 0 Å². The molecule has 0 amide bonds. The summed E-state index contributed by atoms with van der Waals surface area (Å²) < 4.78 is 66.0. The Bertz CT molecular complexity index is 781. The molecule has 2 aromatic carbocycles. The van der Waals surface area contributed by atoms with Crippen LogP contribution in [-0.4, -0.2) is 26.7 Å². The lowest BCUT2D eigenvalue weighted by Gasteiger charge is -2.24. The van der Waals surface area contributed by atoms with E-state index in [1.54, 1.807) is 0 Å². The first-order valence-corrected chi connectivity index (χ1v) is 7.65. The number of sulfonamides is 1. The van der Waals surface area contributed by atoms with Gasteiger partial charge in [0.1, 0.15) is 22.3 Å². The Hall–Kier alpha value is -2.06. The minimum absolute atomic E-state index is 0.473. The predicted octanol–water partition coefficient (Wildman–Crippen LogP) is 2.29. The summed E-state index contributed by atoms with van der Waals surface area (Å²) in [5, 5.41) is 9.03. The molecule has 0 aliphatic carbocycles. The summed E-state index contributed by atoms with van der Waals surface area (Å²) >= 11 is 0. The van der Waals surface area contributed by atoms with Crippen molar-refractivity contribution in [2.24, 2.45) is 0 Å². The van der Waals surface area contributed by atoms with Gasteiger partial charge in [0.05, 0.1) is 18.8 Å². The van der Waals surface area contributed by atoms with Gasteiger partial charge >= 0.3 is 0 Å². The molecule has 0 heterocycles. The van der Waals surface area contributed by atoms with E-state index in [1.165, 1.54) is 12.1 Å². The topological polar surface area (TPSA) is 57.6 Å². The molecule has 22 heavy (non-hydrogen) atoms. The number of halogens is 3. The van der Waals surface area contributed by atoms with Gasteiger partial charge in [0.15, 0.2) is 0 Å². The number of rotatable bonds is 5. The number of hydrogen-bond donors (Lipinski definition) is 1. The molecule has 4 nitrogen and oxygen atoms in total. The van der Waals surface area contributed by atoms with Crippen LogP contribution < -0.4 is 4.31 Å². The third-order valence-electron chi connectivity index (χ3n) is 2.89. The average molecular weight is 331 g/mol. The van der Waals surface area contributed by atoms with Gasteiger partial charge in [-0.15, -0.1) is 0 Å². The average Bonchev–Trinajstić information content (AvgIpc) is 2.46. The summed E-state index contributed by atoms with van der Waals surface area (Å²) in [6.45, 7) is -1.12. The van der Waals surface area contributed by atoms with E-state index in [0.717, 1.165) is 24.3 Å². The van der Waals surface area contributed by atoms with Gasteiger partial charge in [-0.3, -0.25) is 4.31 Å². The van der Waals surface area contributed by atoms with E-state index in [0.29, 0.717) is 10.4 Å². The molecule has 2 aromatic rings. The molecule has 1 N–H and O–H groups in total. The number of hydrogen-bond acceptors (Lipinski definition) is 3. The van der Waals surface area contributed by atoms with Crippen LogP contribution in [0.4, 0.5) is 18.9 Å². The summed E-state index contributed by atoms with van der Waals surface area (Å²) in [6.07, 6.45) is 0. The molecule has 118 valence electrons. The van der Waals surface area contributed by atoms with Gasteiger partial charge < -0.3 is 5.11 Å². The van der Waals surface area contributed by atoms with Crippen LogP contribution in [0.15, 0.2) is 47.4 Å².